The van der Waals surface area contributed by atoms with Crippen molar-refractivity contribution >= 4 is 29.3 Å². The van der Waals surface area contributed by atoms with Crippen molar-refractivity contribution in [1.29, 1.82) is 0 Å². The van der Waals surface area contributed by atoms with E-state index in [9.17, 15) is 4.79 Å². The van der Waals surface area contributed by atoms with E-state index in [4.69, 9.17) is 16.1 Å². The number of amides is 1. The zero-order valence-corrected chi connectivity index (χ0v) is 16.6. The van der Waals surface area contributed by atoms with Gasteiger partial charge in [-0.1, -0.05) is 47.1 Å². The molecule has 6 nitrogen and oxygen atoms in total. The van der Waals surface area contributed by atoms with Crippen molar-refractivity contribution in [2.45, 2.75) is 6.42 Å². The number of hydrogen-bond acceptors (Lipinski definition) is 5. The largest absolute Gasteiger partial charge is 0.339 e. The van der Waals surface area contributed by atoms with E-state index >= 15 is 0 Å². The Hall–Kier alpha value is -3.77. The Kier molecular flexibility index (Phi) is 5.96. The summed E-state index contributed by atoms with van der Waals surface area (Å²) in [7, 11) is 0. The molecule has 1 N–H and O–H groups in total. The Morgan fingerprint density at radius 2 is 1.80 bits per heavy atom. The number of anilines is 1. The highest BCUT2D eigenvalue weighted by atomic mass is 35.5. The molecule has 0 aliphatic heterocycles. The molecule has 2 heterocycles. The first-order valence-corrected chi connectivity index (χ1v) is 9.61. The molecule has 0 saturated heterocycles. The number of rotatable bonds is 6. The van der Waals surface area contributed by atoms with Crippen molar-refractivity contribution in [1.82, 2.24) is 15.1 Å². The number of hydrogen-bond donors (Lipinski definition) is 1. The third-order valence-corrected chi connectivity index (χ3v) is 4.57. The Morgan fingerprint density at radius 1 is 1.03 bits per heavy atom. The van der Waals surface area contributed by atoms with Crippen LogP contribution in [-0.4, -0.2) is 21.0 Å². The van der Waals surface area contributed by atoms with Gasteiger partial charge >= 0.3 is 0 Å². The predicted octanol–water partition coefficient (Wildman–Crippen LogP) is 5.03. The van der Waals surface area contributed by atoms with E-state index in [0.717, 1.165) is 16.7 Å². The van der Waals surface area contributed by atoms with E-state index in [1.165, 1.54) is 6.08 Å². The van der Waals surface area contributed by atoms with Crippen LogP contribution in [0.3, 0.4) is 0 Å². The molecule has 0 aliphatic rings. The summed E-state index contributed by atoms with van der Waals surface area (Å²) in [4.78, 5) is 20.8. The van der Waals surface area contributed by atoms with Crippen molar-refractivity contribution in [3.05, 3.63) is 101 Å². The maximum Gasteiger partial charge on any atom is 0.248 e. The van der Waals surface area contributed by atoms with Gasteiger partial charge in [-0.2, -0.15) is 4.98 Å². The second kappa shape index (κ2) is 9.15. The standard InChI is InChI=1S/C23H17ClN4O2/c24-19-8-5-16(6-9-19)7-10-21(29)26-20-4-2-1-3-18(20)15-22-27-23(28-30-22)17-11-13-25-14-12-17/h1-14H,15H2,(H,26,29)/b10-7+. The van der Waals surface area contributed by atoms with Gasteiger partial charge in [0, 0.05) is 34.7 Å². The topological polar surface area (TPSA) is 80.9 Å². The Bertz CT molecular complexity index is 1170. The summed E-state index contributed by atoms with van der Waals surface area (Å²) in [5.41, 5.74) is 3.27. The highest BCUT2D eigenvalue weighted by molar-refractivity contribution is 6.30. The van der Waals surface area contributed by atoms with Crippen LogP contribution in [0.1, 0.15) is 17.0 Å². The number of carbonyl (C=O) groups is 1. The van der Waals surface area contributed by atoms with Gasteiger partial charge in [0.25, 0.3) is 0 Å². The highest BCUT2D eigenvalue weighted by Crippen LogP contribution is 2.21. The average molecular weight is 417 g/mol. The van der Waals surface area contributed by atoms with Crippen LogP contribution in [0.25, 0.3) is 17.5 Å². The van der Waals surface area contributed by atoms with Gasteiger partial charge in [-0.05, 0) is 47.5 Å². The normalized spacial score (nSPS) is 11.0. The molecule has 4 aromatic rings. The number of nitrogens with one attached hydrogen (secondary N) is 1. The van der Waals surface area contributed by atoms with Crippen molar-refractivity contribution in [3.8, 4) is 11.4 Å². The number of carbonyl (C=O) groups excluding carboxylic acids is 1. The second-order valence-electron chi connectivity index (χ2n) is 6.46. The lowest BCUT2D eigenvalue weighted by Gasteiger charge is -2.08. The minimum atomic E-state index is -0.236. The molecule has 0 radical (unpaired) electrons. The predicted molar refractivity (Wildman–Crippen MR) is 116 cm³/mol. The fourth-order valence-electron chi connectivity index (χ4n) is 2.82. The number of aromatic nitrogens is 3. The van der Waals surface area contributed by atoms with Crippen molar-refractivity contribution < 1.29 is 9.32 Å². The molecule has 30 heavy (non-hydrogen) atoms. The highest BCUT2D eigenvalue weighted by Gasteiger charge is 2.12. The van der Waals surface area contributed by atoms with Crippen LogP contribution in [0, 0.1) is 0 Å². The lowest BCUT2D eigenvalue weighted by atomic mass is 10.1. The zero-order valence-electron chi connectivity index (χ0n) is 15.8. The summed E-state index contributed by atoms with van der Waals surface area (Å²) in [6.07, 6.45) is 6.96. The lowest BCUT2D eigenvalue weighted by molar-refractivity contribution is -0.111. The maximum absolute atomic E-state index is 12.4. The van der Waals surface area contributed by atoms with Gasteiger partial charge in [0.2, 0.25) is 17.6 Å². The SMILES string of the molecule is O=C(/C=C/c1ccc(Cl)cc1)Nc1ccccc1Cc1nc(-c2ccncc2)no1. The third kappa shape index (κ3) is 4.98. The van der Waals surface area contributed by atoms with Gasteiger partial charge in [-0.25, -0.2) is 0 Å². The summed E-state index contributed by atoms with van der Waals surface area (Å²) in [5, 5.41) is 7.57. The maximum atomic E-state index is 12.4. The molecule has 0 atom stereocenters. The fourth-order valence-corrected chi connectivity index (χ4v) is 2.95. The van der Waals surface area contributed by atoms with Gasteiger partial charge in [-0.15, -0.1) is 0 Å². The number of benzene rings is 2. The first-order chi connectivity index (χ1) is 14.7. The molecule has 7 heteroatoms. The summed E-state index contributed by atoms with van der Waals surface area (Å²) >= 11 is 5.88. The van der Waals surface area contributed by atoms with Gasteiger partial charge in [0.05, 0.1) is 6.42 Å². The van der Waals surface area contributed by atoms with Crippen LogP contribution in [0.2, 0.25) is 5.02 Å². The molecule has 0 saturated carbocycles. The zero-order chi connectivity index (χ0) is 20.8. The molecule has 0 fully saturated rings. The first kappa shape index (κ1) is 19.5. The fraction of sp³-hybridized carbons (Fsp3) is 0.0435. The molecule has 4 rings (SSSR count). The number of para-hydroxylation sites is 1. The molecular weight excluding hydrogens is 400 g/mol. The monoisotopic (exact) mass is 416 g/mol. The van der Waals surface area contributed by atoms with Gasteiger partial charge in [0.15, 0.2) is 0 Å². The molecule has 0 aliphatic carbocycles. The van der Waals surface area contributed by atoms with Crippen LogP contribution < -0.4 is 5.32 Å². The molecule has 2 aromatic carbocycles. The van der Waals surface area contributed by atoms with Crippen LogP contribution in [0.15, 0.2) is 83.7 Å². The Morgan fingerprint density at radius 3 is 2.60 bits per heavy atom. The van der Waals surface area contributed by atoms with Crippen molar-refractivity contribution in [2.24, 2.45) is 0 Å². The van der Waals surface area contributed by atoms with E-state index in [1.54, 1.807) is 30.6 Å². The minimum absolute atomic E-state index is 0.236. The second-order valence-corrected chi connectivity index (χ2v) is 6.89. The van der Waals surface area contributed by atoms with Crippen LogP contribution in [0.5, 0.6) is 0 Å². The van der Waals surface area contributed by atoms with Crippen LogP contribution in [-0.2, 0) is 11.2 Å². The first-order valence-electron chi connectivity index (χ1n) is 9.23. The summed E-state index contributed by atoms with van der Waals surface area (Å²) in [5.74, 6) is 0.723. The van der Waals surface area contributed by atoms with Crippen LogP contribution >= 0.6 is 11.6 Å². The minimum Gasteiger partial charge on any atom is -0.339 e. The van der Waals surface area contributed by atoms with Crippen molar-refractivity contribution in [3.63, 3.8) is 0 Å². The Balaban J connectivity index is 1.46. The molecule has 1 amide bonds. The summed E-state index contributed by atoms with van der Waals surface area (Å²) < 4.78 is 5.38. The van der Waals surface area contributed by atoms with Gasteiger partial charge < -0.3 is 9.84 Å². The smallest absolute Gasteiger partial charge is 0.248 e. The van der Waals surface area contributed by atoms with Crippen molar-refractivity contribution in [2.75, 3.05) is 5.32 Å². The molecule has 148 valence electrons. The van der Waals surface area contributed by atoms with E-state index in [2.05, 4.69) is 20.4 Å². The number of halogens is 1. The van der Waals surface area contributed by atoms with E-state index in [0.29, 0.717) is 28.8 Å². The average Bonchev–Trinajstić information content (AvgIpc) is 3.24. The molecule has 2 aromatic heterocycles. The Labute approximate surface area is 178 Å². The van der Waals surface area contributed by atoms with Crippen LogP contribution in [0.4, 0.5) is 5.69 Å². The number of nitrogens with zero attached hydrogens (tertiary/aromatic N) is 3. The molecule has 0 bridgehead atoms. The number of pyridine rings is 1. The third-order valence-electron chi connectivity index (χ3n) is 4.32. The molecule has 0 unspecified atom stereocenters. The lowest BCUT2D eigenvalue weighted by Crippen LogP contribution is -2.10. The van der Waals surface area contributed by atoms with Gasteiger partial charge in [0.1, 0.15) is 0 Å². The van der Waals surface area contributed by atoms with E-state index < -0.39 is 0 Å². The summed E-state index contributed by atoms with van der Waals surface area (Å²) in [6.45, 7) is 0. The van der Waals surface area contributed by atoms with E-state index in [1.807, 2.05) is 48.5 Å². The molecule has 0 spiro atoms. The summed E-state index contributed by atoms with van der Waals surface area (Å²) in [6, 6.07) is 18.4. The van der Waals surface area contributed by atoms with Gasteiger partial charge in [-0.3, -0.25) is 9.78 Å². The van der Waals surface area contributed by atoms with E-state index in [-0.39, 0.29) is 5.91 Å². The molecular formula is C23H17ClN4O2. The quantitative estimate of drug-likeness (QED) is 0.446.